The topological polar surface area (TPSA) is 114 Å². The Morgan fingerprint density at radius 3 is 2.48 bits per heavy atom. The molecule has 3 aliphatic heterocycles. The zero-order valence-corrected chi connectivity index (χ0v) is 27.0. The van der Waals surface area contributed by atoms with Gasteiger partial charge in [0.15, 0.2) is 11.6 Å². The first-order valence-corrected chi connectivity index (χ1v) is 16.0. The number of piperazine rings is 2. The summed E-state index contributed by atoms with van der Waals surface area (Å²) in [4.78, 5) is 36.2. The van der Waals surface area contributed by atoms with E-state index in [9.17, 15) is 10.1 Å². The highest BCUT2D eigenvalue weighted by molar-refractivity contribution is 5.95. The van der Waals surface area contributed by atoms with E-state index in [2.05, 4.69) is 37.7 Å². The van der Waals surface area contributed by atoms with E-state index in [0.717, 1.165) is 49.3 Å². The maximum atomic E-state index is 15.0. The Hall–Kier alpha value is -4.28. The molecule has 3 saturated heterocycles. The Kier molecular flexibility index (Phi) is 9.11. The van der Waals surface area contributed by atoms with Gasteiger partial charge < -0.3 is 29.1 Å². The molecule has 1 aromatic carbocycles. The third-order valence-electron chi connectivity index (χ3n) is 8.59. The van der Waals surface area contributed by atoms with Gasteiger partial charge in [-0.25, -0.2) is 14.2 Å². The molecule has 0 saturated carbocycles. The second-order valence-electron chi connectivity index (χ2n) is 13.2. The number of halogens is 1. The van der Waals surface area contributed by atoms with E-state index < -0.39 is 11.4 Å². The predicted molar refractivity (Wildman–Crippen MR) is 174 cm³/mol. The van der Waals surface area contributed by atoms with Gasteiger partial charge in [0.1, 0.15) is 11.7 Å². The molecule has 1 amide bonds. The summed E-state index contributed by atoms with van der Waals surface area (Å²) in [6, 6.07) is 10.0. The van der Waals surface area contributed by atoms with Gasteiger partial charge in [-0.1, -0.05) is 0 Å². The second-order valence-corrected chi connectivity index (χ2v) is 13.2. The van der Waals surface area contributed by atoms with Crippen molar-refractivity contribution in [2.24, 2.45) is 0 Å². The lowest BCUT2D eigenvalue weighted by atomic mass is 10.1. The van der Waals surface area contributed by atoms with E-state index in [1.54, 1.807) is 11.1 Å². The van der Waals surface area contributed by atoms with E-state index >= 15 is 4.39 Å². The molecule has 3 aliphatic rings. The average molecular weight is 632 g/mol. The SMILES string of the molecule is C[C@@H]1CN(c2ccc(C#N)c3ncccc23)C[C@@H](CN2CCN(c3nc(N4CCN(C(=O)OC(C)(C)C)CC4)ncc3F)CC2)O1. The fraction of sp³-hybridized carbons (Fsp3) is 0.545. The van der Waals surface area contributed by atoms with Crippen LogP contribution in [0.2, 0.25) is 0 Å². The highest BCUT2D eigenvalue weighted by atomic mass is 19.1. The van der Waals surface area contributed by atoms with Gasteiger partial charge in [0.2, 0.25) is 5.95 Å². The Morgan fingerprint density at radius 2 is 1.76 bits per heavy atom. The van der Waals surface area contributed by atoms with Crippen molar-refractivity contribution in [3.05, 3.63) is 48.0 Å². The molecule has 0 aliphatic carbocycles. The molecule has 12 nitrogen and oxygen atoms in total. The van der Waals surface area contributed by atoms with Crippen molar-refractivity contribution >= 4 is 34.4 Å². The third kappa shape index (κ3) is 7.08. The highest BCUT2D eigenvalue weighted by Gasteiger charge is 2.31. The molecule has 0 unspecified atom stereocenters. The Bertz CT molecular complexity index is 1590. The molecule has 0 radical (unpaired) electrons. The summed E-state index contributed by atoms with van der Waals surface area (Å²) in [7, 11) is 0. The van der Waals surface area contributed by atoms with Gasteiger partial charge in [0, 0.05) is 89.3 Å². The summed E-state index contributed by atoms with van der Waals surface area (Å²) in [5.41, 5.74) is 1.81. The normalized spacial score (nSPS) is 21.4. The Morgan fingerprint density at radius 1 is 1.02 bits per heavy atom. The van der Waals surface area contributed by atoms with E-state index in [4.69, 9.17) is 9.47 Å². The van der Waals surface area contributed by atoms with Gasteiger partial charge >= 0.3 is 6.09 Å². The van der Waals surface area contributed by atoms with Crippen LogP contribution < -0.4 is 14.7 Å². The number of amides is 1. The minimum atomic E-state index is -0.547. The zero-order valence-electron chi connectivity index (χ0n) is 27.0. The first-order valence-electron chi connectivity index (χ1n) is 16.0. The number of aromatic nitrogens is 3. The number of fused-ring (bicyclic) bond motifs is 1. The van der Waals surface area contributed by atoms with Crippen molar-refractivity contribution < 1.29 is 18.7 Å². The van der Waals surface area contributed by atoms with Crippen LogP contribution in [0.15, 0.2) is 36.7 Å². The Labute approximate surface area is 269 Å². The van der Waals surface area contributed by atoms with Gasteiger partial charge in [-0.2, -0.15) is 10.2 Å². The van der Waals surface area contributed by atoms with Crippen molar-refractivity contribution in [1.82, 2.24) is 24.8 Å². The molecule has 3 aromatic rings. The minimum absolute atomic E-state index is 0.000555. The fourth-order valence-corrected chi connectivity index (χ4v) is 6.44. The van der Waals surface area contributed by atoms with E-state index in [1.807, 2.05) is 54.8 Å². The van der Waals surface area contributed by atoms with Crippen LogP contribution >= 0.6 is 0 Å². The lowest BCUT2D eigenvalue weighted by Crippen LogP contribution is -2.54. The van der Waals surface area contributed by atoms with Crippen LogP contribution in [0.25, 0.3) is 10.9 Å². The van der Waals surface area contributed by atoms with E-state index in [-0.39, 0.29) is 18.3 Å². The van der Waals surface area contributed by atoms with Crippen molar-refractivity contribution in [3.63, 3.8) is 0 Å². The first kappa shape index (κ1) is 31.7. The molecular weight excluding hydrogens is 589 g/mol. The van der Waals surface area contributed by atoms with Crippen LogP contribution in [-0.4, -0.2) is 121 Å². The van der Waals surface area contributed by atoms with Gasteiger partial charge in [-0.15, -0.1) is 0 Å². The number of ether oxygens (including phenoxy) is 2. The number of anilines is 3. The van der Waals surface area contributed by atoms with Crippen LogP contribution in [0, 0.1) is 17.1 Å². The maximum Gasteiger partial charge on any atom is 0.410 e. The number of nitrogens with zero attached hydrogens (tertiary/aromatic N) is 9. The number of benzene rings is 1. The molecule has 5 heterocycles. The van der Waals surface area contributed by atoms with E-state index in [0.29, 0.717) is 56.6 Å². The quantitative estimate of drug-likeness (QED) is 0.412. The van der Waals surface area contributed by atoms with Gasteiger partial charge in [0.25, 0.3) is 0 Å². The molecule has 2 aromatic heterocycles. The molecule has 2 atom stereocenters. The summed E-state index contributed by atoms with van der Waals surface area (Å²) >= 11 is 0. The average Bonchev–Trinajstić information content (AvgIpc) is 3.04. The smallest absolute Gasteiger partial charge is 0.410 e. The van der Waals surface area contributed by atoms with Crippen LogP contribution in [0.3, 0.4) is 0 Å². The number of rotatable bonds is 5. The summed E-state index contributed by atoms with van der Waals surface area (Å²) in [6.45, 7) is 14.7. The first-order chi connectivity index (χ1) is 22.1. The largest absolute Gasteiger partial charge is 0.444 e. The number of carbonyl (C=O) groups excluding carboxylic acids is 1. The number of hydrogen-bond acceptors (Lipinski definition) is 11. The van der Waals surface area contributed by atoms with Crippen molar-refractivity contribution in [2.45, 2.75) is 45.5 Å². The molecule has 0 bridgehead atoms. The molecule has 244 valence electrons. The highest BCUT2D eigenvalue weighted by Crippen LogP contribution is 2.31. The minimum Gasteiger partial charge on any atom is -0.444 e. The zero-order chi connectivity index (χ0) is 32.4. The van der Waals surface area contributed by atoms with Crippen LogP contribution in [-0.2, 0) is 9.47 Å². The number of pyridine rings is 1. The van der Waals surface area contributed by atoms with Crippen molar-refractivity contribution in [2.75, 3.05) is 86.7 Å². The molecule has 0 N–H and O–H groups in total. The van der Waals surface area contributed by atoms with E-state index in [1.165, 1.54) is 6.20 Å². The number of carbonyl (C=O) groups is 1. The van der Waals surface area contributed by atoms with Crippen molar-refractivity contribution in [1.29, 1.82) is 5.26 Å². The lowest BCUT2D eigenvalue weighted by molar-refractivity contribution is -0.0327. The molecule has 3 fully saturated rings. The molecule has 6 rings (SSSR count). The van der Waals surface area contributed by atoms with Crippen LogP contribution in [0.5, 0.6) is 0 Å². The number of nitriles is 1. The predicted octanol–water partition coefficient (Wildman–Crippen LogP) is 3.51. The summed E-state index contributed by atoms with van der Waals surface area (Å²) < 4.78 is 26.9. The lowest BCUT2D eigenvalue weighted by Gasteiger charge is -2.42. The van der Waals surface area contributed by atoms with Crippen LogP contribution in [0.4, 0.5) is 26.6 Å². The third-order valence-corrected chi connectivity index (χ3v) is 8.59. The monoisotopic (exact) mass is 631 g/mol. The molecule has 0 spiro atoms. The summed E-state index contributed by atoms with van der Waals surface area (Å²) in [5.74, 6) is 0.348. The van der Waals surface area contributed by atoms with Gasteiger partial charge in [-0.3, -0.25) is 9.88 Å². The summed E-state index contributed by atoms with van der Waals surface area (Å²) in [6.07, 6.45) is 2.69. The Balaban J connectivity index is 1.05. The van der Waals surface area contributed by atoms with Crippen LogP contribution in [0.1, 0.15) is 33.3 Å². The fourth-order valence-electron chi connectivity index (χ4n) is 6.44. The molecule has 13 heteroatoms. The molecular formula is C33H42FN9O3. The number of morpholine rings is 1. The van der Waals surface area contributed by atoms with Gasteiger partial charge in [0.05, 0.1) is 29.5 Å². The second kappa shape index (κ2) is 13.2. The summed E-state index contributed by atoms with van der Waals surface area (Å²) in [5, 5.41) is 10.5. The standard InChI is InChI=1S/C33H42FN9O3/c1-23-20-43(28-8-7-24(18-35)29-26(28)6-5-9-36-29)22-25(45-23)21-39-10-12-40(13-11-39)30-27(34)19-37-31(38-30)41-14-16-42(17-15-41)32(44)46-33(2,3)4/h5-9,19,23,25H,10-17,20-22H2,1-4H3/t23-,25-/m1/s1. The maximum absolute atomic E-state index is 15.0. The van der Waals surface area contributed by atoms with Gasteiger partial charge in [-0.05, 0) is 52.0 Å². The molecule has 46 heavy (non-hydrogen) atoms. The van der Waals surface area contributed by atoms with Crippen molar-refractivity contribution in [3.8, 4) is 6.07 Å². The number of hydrogen-bond donors (Lipinski definition) is 0.